The summed E-state index contributed by atoms with van der Waals surface area (Å²) in [6.45, 7) is 0.193. The van der Waals surface area contributed by atoms with Gasteiger partial charge in [0.25, 0.3) is 0 Å². The highest BCUT2D eigenvalue weighted by molar-refractivity contribution is 6.32. The molecular formula is C24H18ClNO4. The Labute approximate surface area is 179 Å². The lowest BCUT2D eigenvalue weighted by Crippen LogP contribution is -2.00. The van der Waals surface area contributed by atoms with Gasteiger partial charge < -0.3 is 14.6 Å². The number of halogens is 1. The molecule has 1 N–H and O–H groups in total. The van der Waals surface area contributed by atoms with Crippen molar-refractivity contribution in [2.45, 2.75) is 6.61 Å². The van der Waals surface area contributed by atoms with Gasteiger partial charge in [0.15, 0.2) is 11.5 Å². The van der Waals surface area contributed by atoms with Crippen molar-refractivity contribution in [2.24, 2.45) is 0 Å². The Morgan fingerprint density at radius 1 is 1.10 bits per heavy atom. The quantitative estimate of drug-likeness (QED) is 0.393. The van der Waals surface area contributed by atoms with Crippen LogP contribution in [0, 0.1) is 11.3 Å². The third-order valence-electron chi connectivity index (χ3n) is 4.35. The maximum Gasteiger partial charge on any atom is 0.335 e. The molecule has 0 aromatic heterocycles. The van der Waals surface area contributed by atoms with Crippen LogP contribution < -0.4 is 9.47 Å². The average Bonchev–Trinajstić information content (AvgIpc) is 2.77. The van der Waals surface area contributed by atoms with E-state index in [1.165, 1.54) is 19.2 Å². The van der Waals surface area contributed by atoms with Gasteiger partial charge in [0, 0.05) is 0 Å². The molecule has 0 atom stereocenters. The van der Waals surface area contributed by atoms with Crippen LogP contribution in [0.4, 0.5) is 0 Å². The predicted octanol–water partition coefficient (Wildman–Crippen LogP) is 5.69. The molecule has 0 aliphatic heterocycles. The lowest BCUT2D eigenvalue weighted by atomic mass is 10.0. The molecule has 0 saturated heterocycles. The maximum atomic E-state index is 11.0. The summed E-state index contributed by atoms with van der Waals surface area (Å²) in [5.41, 5.74) is 3.01. The SMILES string of the molecule is COc1cc(/C=C(\C#N)c2ccccc2)cc(Cl)c1OCc1ccc(C(=O)O)cc1. The Kier molecular flexibility index (Phi) is 6.74. The molecule has 0 unspecified atom stereocenters. The molecule has 150 valence electrons. The molecule has 5 nitrogen and oxygen atoms in total. The van der Waals surface area contributed by atoms with E-state index in [1.807, 2.05) is 30.3 Å². The van der Waals surface area contributed by atoms with E-state index in [1.54, 1.807) is 30.3 Å². The Morgan fingerprint density at radius 3 is 2.40 bits per heavy atom. The molecule has 0 heterocycles. The molecule has 0 saturated carbocycles. The van der Waals surface area contributed by atoms with Gasteiger partial charge in [0.2, 0.25) is 0 Å². The monoisotopic (exact) mass is 419 g/mol. The normalized spacial score (nSPS) is 10.9. The lowest BCUT2D eigenvalue weighted by Gasteiger charge is -2.14. The first-order valence-electron chi connectivity index (χ1n) is 9.01. The van der Waals surface area contributed by atoms with E-state index < -0.39 is 5.97 Å². The van der Waals surface area contributed by atoms with Gasteiger partial charge >= 0.3 is 5.97 Å². The first kappa shape index (κ1) is 21.0. The Bertz CT molecular complexity index is 1120. The molecule has 0 radical (unpaired) electrons. The number of allylic oxidation sites excluding steroid dienone is 1. The van der Waals surface area contributed by atoms with E-state index in [9.17, 15) is 10.1 Å². The summed E-state index contributed by atoms with van der Waals surface area (Å²) in [6.07, 6.45) is 1.73. The average molecular weight is 420 g/mol. The van der Waals surface area contributed by atoms with Crippen LogP contribution in [0.25, 0.3) is 11.6 Å². The Hall–Kier alpha value is -3.75. The van der Waals surface area contributed by atoms with Crippen molar-refractivity contribution in [1.82, 2.24) is 0 Å². The van der Waals surface area contributed by atoms with Crippen molar-refractivity contribution in [2.75, 3.05) is 7.11 Å². The van der Waals surface area contributed by atoms with E-state index in [0.717, 1.165) is 11.1 Å². The summed E-state index contributed by atoms with van der Waals surface area (Å²) in [5.74, 6) is -0.179. The van der Waals surface area contributed by atoms with E-state index >= 15 is 0 Å². The Morgan fingerprint density at radius 2 is 1.80 bits per heavy atom. The molecule has 3 aromatic carbocycles. The molecule has 0 aliphatic carbocycles. The van der Waals surface area contributed by atoms with E-state index in [0.29, 0.717) is 27.7 Å². The first-order valence-corrected chi connectivity index (χ1v) is 9.39. The van der Waals surface area contributed by atoms with Crippen LogP contribution in [0.1, 0.15) is 27.0 Å². The van der Waals surface area contributed by atoms with Crippen LogP contribution in [-0.4, -0.2) is 18.2 Å². The van der Waals surface area contributed by atoms with Gasteiger partial charge in [-0.3, -0.25) is 0 Å². The molecular weight excluding hydrogens is 402 g/mol. The minimum atomic E-state index is -0.983. The molecule has 0 spiro atoms. The van der Waals surface area contributed by atoms with E-state index in [-0.39, 0.29) is 12.2 Å². The number of methoxy groups -OCH3 is 1. The number of hydrogen-bond acceptors (Lipinski definition) is 4. The smallest absolute Gasteiger partial charge is 0.335 e. The van der Waals surface area contributed by atoms with Crippen molar-refractivity contribution in [1.29, 1.82) is 5.26 Å². The predicted molar refractivity (Wildman–Crippen MR) is 116 cm³/mol. The zero-order chi connectivity index (χ0) is 21.5. The lowest BCUT2D eigenvalue weighted by molar-refractivity contribution is 0.0697. The van der Waals surface area contributed by atoms with Gasteiger partial charge in [-0.1, -0.05) is 54.1 Å². The van der Waals surface area contributed by atoms with E-state index in [2.05, 4.69) is 6.07 Å². The number of rotatable bonds is 7. The largest absolute Gasteiger partial charge is 0.493 e. The van der Waals surface area contributed by atoms with Crippen LogP contribution in [-0.2, 0) is 6.61 Å². The van der Waals surface area contributed by atoms with Crippen molar-refractivity contribution in [3.63, 3.8) is 0 Å². The van der Waals surface area contributed by atoms with Gasteiger partial charge in [-0.25, -0.2) is 4.79 Å². The van der Waals surface area contributed by atoms with E-state index in [4.69, 9.17) is 26.2 Å². The molecule has 30 heavy (non-hydrogen) atoms. The second-order valence-electron chi connectivity index (χ2n) is 6.36. The fourth-order valence-corrected chi connectivity index (χ4v) is 3.10. The van der Waals surface area contributed by atoms with Crippen molar-refractivity contribution in [3.05, 3.63) is 94.0 Å². The van der Waals surface area contributed by atoms with Gasteiger partial charge in [0.05, 0.1) is 29.3 Å². The molecule has 0 bridgehead atoms. The molecule has 0 amide bonds. The number of carboxylic acid groups (broad SMARTS) is 1. The van der Waals surface area contributed by atoms with Gasteiger partial charge in [-0.15, -0.1) is 0 Å². The summed E-state index contributed by atoms with van der Waals surface area (Å²) in [6, 6.07) is 21.4. The number of carbonyl (C=O) groups is 1. The van der Waals surface area contributed by atoms with Crippen molar-refractivity contribution < 1.29 is 19.4 Å². The highest BCUT2D eigenvalue weighted by atomic mass is 35.5. The highest BCUT2D eigenvalue weighted by Gasteiger charge is 2.13. The highest BCUT2D eigenvalue weighted by Crippen LogP contribution is 2.38. The topological polar surface area (TPSA) is 79.5 Å². The third kappa shape index (κ3) is 4.99. The molecule has 0 fully saturated rings. The maximum absolute atomic E-state index is 11.0. The number of aromatic carboxylic acids is 1. The minimum Gasteiger partial charge on any atom is -0.493 e. The number of nitrogens with zero attached hydrogens (tertiary/aromatic N) is 1. The summed E-state index contributed by atoms with van der Waals surface area (Å²) < 4.78 is 11.3. The Balaban J connectivity index is 1.84. The van der Waals surface area contributed by atoms with Crippen LogP contribution in [0.2, 0.25) is 5.02 Å². The number of ether oxygens (including phenoxy) is 2. The number of benzene rings is 3. The zero-order valence-electron chi connectivity index (χ0n) is 16.1. The number of carboxylic acids is 1. The second kappa shape index (κ2) is 9.64. The van der Waals surface area contributed by atoms with Crippen LogP contribution in [0.5, 0.6) is 11.5 Å². The number of hydrogen-bond donors (Lipinski definition) is 1. The molecule has 0 aliphatic rings. The standard InChI is InChI=1S/C24H18ClNO4/c1-29-22-13-17(11-20(14-26)18-5-3-2-4-6-18)12-21(25)23(22)30-15-16-7-9-19(10-8-16)24(27)28/h2-13H,15H2,1H3,(H,27,28)/b20-11+. The van der Waals surface area contributed by atoms with Gasteiger partial charge in [0.1, 0.15) is 6.61 Å². The van der Waals surface area contributed by atoms with Crippen molar-refractivity contribution >= 4 is 29.2 Å². The third-order valence-corrected chi connectivity index (χ3v) is 4.63. The fraction of sp³-hybridized carbons (Fsp3) is 0.0833. The van der Waals surface area contributed by atoms with Crippen LogP contribution >= 0.6 is 11.6 Å². The summed E-state index contributed by atoms with van der Waals surface area (Å²) in [5, 5.41) is 18.8. The summed E-state index contributed by atoms with van der Waals surface area (Å²) in [7, 11) is 1.51. The summed E-state index contributed by atoms with van der Waals surface area (Å²) >= 11 is 6.42. The number of nitriles is 1. The zero-order valence-corrected chi connectivity index (χ0v) is 16.9. The van der Waals surface area contributed by atoms with Gasteiger partial charge in [-0.05, 0) is 47.0 Å². The van der Waals surface area contributed by atoms with Crippen molar-refractivity contribution in [3.8, 4) is 17.6 Å². The fourth-order valence-electron chi connectivity index (χ4n) is 2.83. The first-order chi connectivity index (χ1) is 14.5. The van der Waals surface area contributed by atoms with Crippen LogP contribution in [0.3, 0.4) is 0 Å². The molecule has 3 aromatic rings. The second-order valence-corrected chi connectivity index (χ2v) is 6.77. The van der Waals surface area contributed by atoms with Crippen LogP contribution in [0.15, 0.2) is 66.7 Å². The van der Waals surface area contributed by atoms with Gasteiger partial charge in [-0.2, -0.15) is 5.26 Å². The molecule has 3 rings (SSSR count). The molecule has 6 heteroatoms. The minimum absolute atomic E-state index is 0.193. The summed E-state index contributed by atoms with van der Waals surface area (Å²) in [4.78, 5) is 11.0.